The number of benzene rings is 1. The van der Waals surface area contributed by atoms with Gasteiger partial charge in [-0.15, -0.1) is 0 Å². The number of hydrogen-bond donors (Lipinski definition) is 1. The Balaban J connectivity index is 1.94. The van der Waals surface area contributed by atoms with Crippen LogP contribution in [0.2, 0.25) is 0 Å². The Morgan fingerprint density at radius 3 is 3.00 bits per heavy atom. The van der Waals surface area contributed by atoms with Crippen LogP contribution in [0.15, 0.2) is 24.3 Å². The van der Waals surface area contributed by atoms with Crippen molar-refractivity contribution in [2.45, 2.75) is 32.7 Å². The van der Waals surface area contributed by atoms with Crippen molar-refractivity contribution < 1.29 is 4.74 Å². The molecule has 18 heavy (non-hydrogen) atoms. The third-order valence-electron chi connectivity index (χ3n) is 3.40. The van der Waals surface area contributed by atoms with Crippen LogP contribution in [0, 0.1) is 16.7 Å². The highest BCUT2D eigenvalue weighted by atomic mass is 16.5. The van der Waals surface area contributed by atoms with Crippen LogP contribution in [0.4, 0.5) is 0 Å². The van der Waals surface area contributed by atoms with Crippen molar-refractivity contribution in [3.63, 3.8) is 0 Å². The molecule has 1 atom stereocenters. The zero-order valence-corrected chi connectivity index (χ0v) is 11.1. The lowest BCUT2D eigenvalue weighted by Gasteiger charge is -2.27. The molecule has 0 saturated carbocycles. The van der Waals surface area contributed by atoms with E-state index in [1.807, 2.05) is 32.0 Å². The van der Waals surface area contributed by atoms with Crippen molar-refractivity contribution in [1.82, 2.24) is 5.32 Å². The second kappa shape index (κ2) is 5.41. The number of rotatable bonds is 4. The monoisotopic (exact) mass is 244 g/mol. The van der Waals surface area contributed by atoms with Crippen LogP contribution in [0.1, 0.15) is 38.3 Å². The van der Waals surface area contributed by atoms with Crippen molar-refractivity contribution in [3.8, 4) is 11.8 Å². The third kappa shape index (κ3) is 3.02. The summed E-state index contributed by atoms with van der Waals surface area (Å²) in [7, 11) is 0. The molecule has 1 heterocycles. The molecule has 0 radical (unpaired) electrons. The SMILES string of the molecule is CC(C)(C#N)CCNC1CCOc2ccccc21. The van der Waals surface area contributed by atoms with Crippen LogP contribution in [-0.2, 0) is 0 Å². The summed E-state index contributed by atoms with van der Waals surface area (Å²) in [5.41, 5.74) is 0.982. The molecule has 1 aromatic carbocycles. The molecular formula is C15H20N2O. The molecule has 1 aromatic rings. The van der Waals surface area contributed by atoms with Crippen molar-refractivity contribution in [2.24, 2.45) is 5.41 Å². The zero-order valence-electron chi connectivity index (χ0n) is 11.1. The molecule has 0 bridgehead atoms. The van der Waals surface area contributed by atoms with E-state index in [0.717, 1.165) is 31.7 Å². The van der Waals surface area contributed by atoms with Gasteiger partial charge in [0.1, 0.15) is 5.75 Å². The molecule has 0 spiro atoms. The van der Waals surface area contributed by atoms with Crippen molar-refractivity contribution in [2.75, 3.05) is 13.2 Å². The fourth-order valence-corrected chi connectivity index (χ4v) is 2.17. The van der Waals surface area contributed by atoms with Gasteiger partial charge in [-0.3, -0.25) is 0 Å². The van der Waals surface area contributed by atoms with Crippen LogP contribution in [0.3, 0.4) is 0 Å². The smallest absolute Gasteiger partial charge is 0.124 e. The summed E-state index contributed by atoms with van der Waals surface area (Å²) in [5, 5.41) is 12.5. The van der Waals surface area contributed by atoms with E-state index < -0.39 is 0 Å². The average molecular weight is 244 g/mol. The molecule has 3 nitrogen and oxygen atoms in total. The van der Waals surface area contributed by atoms with Gasteiger partial charge in [0.15, 0.2) is 0 Å². The van der Waals surface area contributed by atoms with Gasteiger partial charge in [0, 0.05) is 18.0 Å². The summed E-state index contributed by atoms with van der Waals surface area (Å²) in [4.78, 5) is 0. The van der Waals surface area contributed by atoms with Gasteiger partial charge < -0.3 is 10.1 Å². The fourth-order valence-electron chi connectivity index (χ4n) is 2.17. The quantitative estimate of drug-likeness (QED) is 0.885. The van der Waals surface area contributed by atoms with E-state index in [1.165, 1.54) is 5.56 Å². The number of hydrogen-bond acceptors (Lipinski definition) is 3. The largest absolute Gasteiger partial charge is 0.493 e. The molecule has 3 heteroatoms. The predicted octanol–water partition coefficient (Wildman–Crippen LogP) is 3.04. The van der Waals surface area contributed by atoms with Gasteiger partial charge in [0.05, 0.1) is 18.1 Å². The summed E-state index contributed by atoms with van der Waals surface area (Å²) in [6.07, 6.45) is 1.85. The van der Waals surface area contributed by atoms with Gasteiger partial charge in [-0.05, 0) is 32.9 Å². The van der Waals surface area contributed by atoms with E-state index in [9.17, 15) is 0 Å². The Morgan fingerprint density at radius 1 is 1.44 bits per heavy atom. The van der Waals surface area contributed by atoms with Crippen LogP contribution in [0.5, 0.6) is 5.75 Å². The minimum absolute atomic E-state index is 0.252. The summed E-state index contributed by atoms with van der Waals surface area (Å²) in [5.74, 6) is 0.987. The number of ether oxygens (including phenoxy) is 1. The van der Waals surface area contributed by atoms with E-state index in [-0.39, 0.29) is 5.41 Å². The van der Waals surface area contributed by atoms with E-state index in [1.54, 1.807) is 0 Å². The molecule has 0 saturated heterocycles. The molecule has 96 valence electrons. The topological polar surface area (TPSA) is 45.0 Å². The zero-order chi connectivity index (χ0) is 13.0. The maximum atomic E-state index is 8.99. The van der Waals surface area contributed by atoms with Crippen LogP contribution >= 0.6 is 0 Å². The fraction of sp³-hybridized carbons (Fsp3) is 0.533. The maximum absolute atomic E-state index is 8.99. The normalized spacial score (nSPS) is 18.6. The molecular weight excluding hydrogens is 224 g/mol. The number of nitrogens with one attached hydrogen (secondary N) is 1. The number of nitrogens with zero attached hydrogens (tertiary/aromatic N) is 1. The highest BCUT2D eigenvalue weighted by Crippen LogP contribution is 2.31. The second-order valence-electron chi connectivity index (χ2n) is 5.43. The number of fused-ring (bicyclic) bond motifs is 1. The highest BCUT2D eigenvalue weighted by Gasteiger charge is 2.22. The van der Waals surface area contributed by atoms with Gasteiger partial charge in [-0.25, -0.2) is 0 Å². The molecule has 1 aliphatic heterocycles. The van der Waals surface area contributed by atoms with Crippen molar-refractivity contribution in [3.05, 3.63) is 29.8 Å². The van der Waals surface area contributed by atoms with Crippen LogP contribution in [-0.4, -0.2) is 13.2 Å². The molecule has 1 N–H and O–H groups in total. The second-order valence-corrected chi connectivity index (χ2v) is 5.43. The first-order valence-electron chi connectivity index (χ1n) is 6.49. The van der Waals surface area contributed by atoms with Gasteiger partial charge in [-0.1, -0.05) is 18.2 Å². The van der Waals surface area contributed by atoms with E-state index in [4.69, 9.17) is 10.00 Å². The first kappa shape index (κ1) is 12.9. The van der Waals surface area contributed by atoms with Gasteiger partial charge in [0.25, 0.3) is 0 Å². The van der Waals surface area contributed by atoms with Gasteiger partial charge in [0.2, 0.25) is 0 Å². The first-order valence-corrected chi connectivity index (χ1v) is 6.49. The molecule has 0 fully saturated rings. The van der Waals surface area contributed by atoms with E-state index >= 15 is 0 Å². The van der Waals surface area contributed by atoms with E-state index in [0.29, 0.717) is 6.04 Å². The minimum Gasteiger partial charge on any atom is -0.493 e. The molecule has 0 aromatic heterocycles. The highest BCUT2D eigenvalue weighted by molar-refractivity contribution is 5.37. The Kier molecular flexibility index (Phi) is 3.88. The Hall–Kier alpha value is -1.53. The lowest BCUT2D eigenvalue weighted by molar-refractivity contribution is 0.249. The predicted molar refractivity (Wildman–Crippen MR) is 71.3 cm³/mol. The maximum Gasteiger partial charge on any atom is 0.124 e. The molecule has 0 amide bonds. The van der Waals surface area contributed by atoms with Crippen LogP contribution < -0.4 is 10.1 Å². The lowest BCUT2D eigenvalue weighted by atomic mass is 9.91. The Morgan fingerprint density at radius 2 is 2.22 bits per heavy atom. The summed E-state index contributed by atoms with van der Waals surface area (Å²) in [6, 6.07) is 10.9. The summed E-state index contributed by atoms with van der Waals surface area (Å²) in [6.45, 7) is 5.58. The standard InChI is InChI=1S/C15H20N2O/c1-15(2,11-16)8-9-17-13-7-10-18-14-6-4-3-5-12(13)14/h3-6,13,17H,7-10H2,1-2H3. The summed E-state index contributed by atoms with van der Waals surface area (Å²) < 4.78 is 5.63. The van der Waals surface area contributed by atoms with Gasteiger partial charge in [-0.2, -0.15) is 5.26 Å². The molecule has 1 unspecified atom stereocenters. The molecule has 2 rings (SSSR count). The minimum atomic E-state index is -0.252. The third-order valence-corrected chi connectivity index (χ3v) is 3.40. The van der Waals surface area contributed by atoms with Gasteiger partial charge >= 0.3 is 0 Å². The van der Waals surface area contributed by atoms with E-state index in [2.05, 4.69) is 17.5 Å². The molecule has 1 aliphatic rings. The average Bonchev–Trinajstić information content (AvgIpc) is 2.39. The van der Waals surface area contributed by atoms with Crippen LogP contribution in [0.25, 0.3) is 0 Å². The number of para-hydroxylation sites is 1. The Labute approximate surface area is 109 Å². The van der Waals surface area contributed by atoms with Crippen molar-refractivity contribution >= 4 is 0 Å². The Bertz CT molecular complexity index is 448. The first-order chi connectivity index (χ1) is 8.62. The lowest BCUT2D eigenvalue weighted by Crippen LogP contribution is -2.29. The number of nitriles is 1. The summed E-state index contributed by atoms with van der Waals surface area (Å²) >= 11 is 0. The van der Waals surface area contributed by atoms with Crippen molar-refractivity contribution in [1.29, 1.82) is 5.26 Å². The molecule has 0 aliphatic carbocycles.